The lowest BCUT2D eigenvalue weighted by Gasteiger charge is -2.34. The van der Waals surface area contributed by atoms with Gasteiger partial charge in [-0.2, -0.15) is 0 Å². The molecule has 5 heteroatoms. The summed E-state index contributed by atoms with van der Waals surface area (Å²) in [7, 11) is 0. The van der Waals surface area contributed by atoms with Crippen LogP contribution in [0.4, 0.5) is 0 Å². The number of likely N-dealkylation sites (tertiary alicyclic amines) is 2. The van der Waals surface area contributed by atoms with Crippen LogP contribution >= 0.6 is 0 Å². The van der Waals surface area contributed by atoms with E-state index in [9.17, 15) is 4.79 Å². The summed E-state index contributed by atoms with van der Waals surface area (Å²) in [5.74, 6) is 0.997. The number of nitrogens with zero attached hydrogens (tertiary/aromatic N) is 4. The largest absolute Gasteiger partial charge is 0.337 e. The maximum absolute atomic E-state index is 13.0. The Morgan fingerprint density at radius 3 is 2.52 bits per heavy atom. The number of carbonyl (C=O) groups excluding carboxylic acids is 1. The molecule has 3 heterocycles. The van der Waals surface area contributed by atoms with E-state index in [1.54, 1.807) is 0 Å². The fourth-order valence-corrected chi connectivity index (χ4v) is 4.73. The van der Waals surface area contributed by atoms with Gasteiger partial charge in [0.05, 0.1) is 11.0 Å². The average molecular weight is 389 g/mol. The van der Waals surface area contributed by atoms with Crippen LogP contribution in [0.2, 0.25) is 0 Å². The maximum atomic E-state index is 13.0. The molecule has 0 bridgehead atoms. The first-order chi connectivity index (χ1) is 14.2. The summed E-state index contributed by atoms with van der Waals surface area (Å²) in [6.07, 6.45) is 5.51. The van der Waals surface area contributed by atoms with Gasteiger partial charge in [-0.1, -0.05) is 19.1 Å². The third-order valence-electron chi connectivity index (χ3n) is 6.63. The zero-order chi connectivity index (χ0) is 19.8. The van der Waals surface area contributed by atoms with Crippen LogP contribution < -0.4 is 0 Å². The van der Waals surface area contributed by atoms with Crippen molar-refractivity contribution < 1.29 is 4.79 Å². The first-order valence-electron chi connectivity index (χ1n) is 10.7. The number of carbonyl (C=O) groups is 1. The van der Waals surface area contributed by atoms with Gasteiger partial charge < -0.3 is 4.90 Å². The number of hydrogen-bond donors (Lipinski definition) is 0. The van der Waals surface area contributed by atoms with Gasteiger partial charge in [-0.15, -0.1) is 0 Å². The van der Waals surface area contributed by atoms with Gasteiger partial charge in [0.15, 0.2) is 0 Å². The molecule has 2 saturated heterocycles. The number of imidazole rings is 1. The molecule has 5 nitrogen and oxygen atoms in total. The summed E-state index contributed by atoms with van der Waals surface area (Å²) in [5, 5.41) is 0. The van der Waals surface area contributed by atoms with E-state index in [4.69, 9.17) is 0 Å². The van der Waals surface area contributed by atoms with Crippen LogP contribution in [0.15, 0.2) is 54.9 Å². The molecule has 0 N–H and O–H groups in total. The minimum absolute atomic E-state index is 0.153. The predicted molar refractivity (Wildman–Crippen MR) is 115 cm³/mol. The molecule has 2 aromatic carbocycles. The topological polar surface area (TPSA) is 41.4 Å². The van der Waals surface area contributed by atoms with E-state index in [-0.39, 0.29) is 5.91 Å². The standard InChI is InChI=1S/C24H28N4O/c1-18-10-13-26(14-11-18)21-12-15-27(16-21)24(29)19-6-8-20(9-7-19)28-17-25-22-4-2-3-5-23(22)28/h2-9,17-18,21H,10-16H2,1H3/t21-/m0/s1. The first kappa shape index (κ1) is 18.4. The zero-order valence-electron chi connectivity index (χ0n) is 17.0. The monoisotopic (exact) mass is 388 g/mol. The molecule has 0 spiro atoms. The predicted octanol–water partition coefficient (Wildman–Crippen LogP) is 3.97. The molecule has 1 aromatic heterocycles. The highest BCUT2D eigenvalue weighted by atomic mass is 16.2. The lowest BCUT2D eigenvalue weighted by molar-refractivity contribution is 0.0765. The van der Waals surface area contributed by atoms with Gasteiger partial charge in [-0.05, 0) is 74.7 Å². The van der Waals surface area contributed by atoms with E-state index in [1.807, 2.05) is 53.7 Å². The molecular weight excluding hydrogens is 360 g/mol. The van der Waals surface area contributed by atoms with E-state index in [0.29, 0.717) is 6.04 Å². The fraction of sp³-hybridized carbons (Fsp3) is 0.417. The average Bonchev–Trinajstić information content (AvgIpc) is 3.42. The quantitative estimate of drug-likeness (QED) is 0.682. The second-order valence-corrected chi connectivity index (χ2v) is 8.56. The zero-order valence-corrected chi connectivity index (χ0v) is 17.0. The Balaban J connectivity index is 1.27. The van der Waals surface area contributed by atoms with Crippen molar-refractivity contribution in [2.24, 2.45) is 5.92 Å². The lowest BCUT2D eigenvalue weighted by Crippen LogP contribution is -2.43. The molecular formula is C24H28N4O. The van der Waals surface area contributed by atoms with E-state index in [0.717, 1.165) is 47.7 Å². The molecule has 1 atom stereocenters. The van der Waals surface area contributed by atoms with E-state index in [1.165, 1.54) is 25.9 Å². The van der Waals surface area contributed by atoms with Gasteiger partial charge in [0, 0.05) is 30.4 Å². The molecule has 0 unspecified atom stereocenters. The Bertz CT molecular complexity index is 1000. The second kappa shape index (κ2) is 7.64. The molecule has 0 saturated carbocycles. The molecule has 3 aromatic rings. The van der Waals surface area contributed by atoms with Crippen molar-refractivity contribution in [2.75, 3.05) is 26.2 Å². The molecule has 2 aliphatic heterocycles. The number of hydrogen-bond acceptors (Lipinski definition) is 3. The van der Waals surface area contributed by atoms with Gasteiger partial charge >= 0.3 is 0 Å². The molecule has 29 heavy (non-hydrogen) atoms. The number of para-hydroxylation sites is 2. The van der Waals surface area contributed by atoms with Crippen LogP contribution in [0.5, 0.6) is 0 Å². The highest BCUT2D eigenvalue weighted by Gasteiger charge is 2.32. The molecule has 0 aliphatic carbocycles. The Kier molecular flexibility index (Phi) is 4.84. The summed E-state index contributed by atoms with van der Waals surface area (Å²) >= 11 is 0. The third-order valence-corrected chi connectivity index (χ3v) is 6.63. The minimum Gasteiger partial charge on any atom is -0.337 e. The first-order valence-corrected chi connectivity index (χ1v) is 10.7. The van der Waals surface area contributed by atoms with Gasteiger partial charge in [0.2, 0.25) is 0 Å². The number of aromatic nitrogens is 2. The van der Waals surface area contributed by atoms with Crippen molar-refractivity contribution in [3.05, 3.63) is 60.4 Å². The summed E-state index contributed by atoms with van der Waals surface area (Å²) in [4.78, 5) is 22.1. The molecule has 0 radical (unpaired) electrons. The van der Waals surface area contributed by atoms with Crippen LogP contribution in [0.3, 0.4) is 0 Å². The Labute approximate surface area is 171 Å². The Hall–Kier alpha value is -2.66. The summed E-state index contributed by atoms with van der Waals surface area (Å²) in [6.45, 7) is 6.44. The number of fused-ring (bicyclic) bond motifs is 1. The van der Waals surface area contributed by atoms with Crippen molar-refractivity contribution in [1.82, 2.24) is 19.4 Å². The molecule has 5 rings (SSSR count). The van der Waals surface area contributed by atoms with Crippen LogP contribution in [0.25, 0.3) is 16.7 Å². The van der Waals surface area contributed by atoms with Crippen molar-refractivity contribution in [3.63, 3.8) is 0 Å². The van der Waals surface area contributed by atoms with Crippen LogP contribution in [0.1, 0.15) is 36.5 Å². The summed E-state index contributed by atoms with van der Waals surface area (Å²) < 4.78 is 2.06. The Morgan fingerprint density at radius 1 is 0.966 bits per heavy atom. The minimum atomic E-state index is 0.153. The van der Waals surface area contributed by atoms with Gasteiger partial charge in [-0.25, -0.2) is 4.98 Å². The smallest absolute Gasteiger partial charge is 0.253 e. The molecule has 2 aliphatic rings. The highest BCUT2D eigenvalue weighted by molar-refractivity contribution is 5.94. The molecule has 1 amide bonds. The lowest BCUT2D eigenvalue weighted by atomic mass is 9.98. The SMILES string of the molecule is CC1CCN([C@H]2CCN(C(=O)c3ccc(-n4cnc5ccccc54)cc3)C2)CC1. The number of benzene rings is 2. The summed E-state index contributed by atoms with van der Waals surface area (Å²) in [6, 6.07) is 16.5. The van der Waals surface area contributed by atoms with Gasteiger partial charge in [0.1, 0.15) is 6.33 Å². The van der Waals surface area contributed by atoms with Crippen LogP contribution in [-0.2, 0) is 0 Å². The van der Waals surface area contributed by atoms with Gasteiger partial charge in [-0.3, -0.25) is 14.3 Å². The third kappa shape index (κ3) is 3.55. The molecule has 150 valence electrons. The number of piperidine rings is 1. The van der Waals surface area contributed by atoms with Crippen molar-refractivity contribution >= 4 is 16.9 Å². The van der Waals surface area contributed by atoms with E-state index >= 15 is 0 Å². The van der Waals surface area contributed by atoms with Crippen molar-refractivity contribution in [3.8, 4) is 5.69 Å². The van der Waals surface area contributed by atoms with Crippen molar-refractivity contribution in [2.45, 2.75) is 32.2 Å². The number of rotatable bonds is 3. The fourth-order valence-electron chi connectivity index (χ4n) is 4.73. The van der Waals surface area contributed by atoms with Crippen LogP contribution in [-0.4, -0.2) is 57.5 Å². The van der Waals surface area contributed by atoms with E-state index < -0.39 is 0 Å². The molecule has 2 fully saturated rings. The van der Waals surface area contributed by atoms with Crippen LogP contribution in [0, 0.1) is 5.92 Å². The van der Waals surface area contributed by atoms with E-state index in [2.05, 4.69) is 27.4 Å². The Morgan fingerprint density at radius 2 is 1.72 bits per heavy atom. The van der Waals surface area contributed by atoms with Crippen molar-refractivity contribution in [1.29, 1.82) is 0 Å². The van der Waals surface area contributed by atoms with Gasteiger partial charge in [0.25, 0.3) is 5.91 Å². The maximum Gasteiger partial charge on any atom is 0.253 e. The second-order valence-electron chi connectivity index (χ2n) is 8.56. The highest BCUT2D eigenvalue weighted by Crippen LogP contribution is 2.24. The normalized spacial score (nSPS) is 21.1. The number of amides is 1. The summed E-state index contributed by atoms with van der Waals surface area (Å²) in [5.41, 5.74) is 3.84.